The van der Waals surface area contributed by atoms with E-state index in [0.29, 0.717) is 41.5 Å². The van der Waals surface area contributed by atoms with Crippen LogP contribution in [0.25, 0.3) is 27.7 Å². The Bertz CT molecular complexity index is 2140. The molecule has 11 nitrogen and oxygen atoms in total. The van der Waals surface area contributed by atoms with Gasteiger partial charge in [-0.1, -0.05) is 32.0 Å². The summed E-state index contributed by atoms with van der Waals surface area (Å²) in [7, 11) is 4.91. The van der Waals surface area contributed by atoms with Crippen LogP contribution in [-0.4, -0.2) is 83.5 Å². The summed E-state index contributed by atoms with van der Waals surface area (Å²) < 4.78 is 19.5. The van der Waals surface area contributed by atoms with Gasteiger partial charge in [0, 0.05) is 104 Å². The first-order valence-corrected chi connectivity index (χ1v) is 19.1. The maximum Gasteiger partial charge on any atom is 0.247 e. The zero-order chi connectivity index (χ0) is 38.6. The van der Waals surface area contributed by atoms with E-state index in [1.165, 1.54) is 6.08 Å². The normalized spacial score (nSPS) is 18.2. The van der Waals surface area contributed by atoms with Crippen LogP contribution in [0, 0.1) is 5.41 Å². The quantitative estimate of drug-likeness (QED) is 0.0900. The number of aromatic nitrogens is 3. The van der Waals surface area contributed by atoms with Gasteiger partial charge in [-0.3, -0.25) is 19.0 Å². The molecular formula is C42H51ClN6O5. The van der Waals surface area contributed by atoms with Gasteiger partial charge in [0.2, 0.25) is 11.8 Å². The predicted octanol–water partition coefficient (Wildman–Crippen LogP) is 7.50. The van der Waals surface area contributed by atoms with E-state index in [1.54, 1.807) is 34.4 Å². The van der Waals surface area contributed by atoms with E-state index in [9.17, 15) is 9.59 Å². The van der Waals surface area contributed by atoms with Crippen LogP contribution in [0.1, 0.15) is 64.1 Å². The third-order valence-corrected chi connectivity index (χ3v) is 11.5. The van der Waals surface area contributed by atoms with Crippen LogP contribution in [0.15, 0.2) is 72.7 Å². The standard InChI is InChI=1S/C42H51ClN6O5/c1-8-31-36(53-6)24-37(54-7)40(43)39(31)32-20-28-25-45-29(22-34(28)49-19-15-44-41(32)49)21-30(52-5)23-35(33(9-2)46-38(51)10-3)48-18-14-42(26-48)12-11-16-47(17-13-42)27(4)50/h10,15,19-20,22-25H,3,8-9,11-14,16-18,21,26H2,1-2,4-7H3,(H,46,51)/b30-23+,35-33-. The molecule has 0 bridgehead atoms. The maximum absolute atomic E-state index is 12.6. The lowest BCUT2D eigenvalue weighted by Crippen LogP contribution is -2.32. The zero-order valence-corrected chi connectivity index (χ0v) is 33.0. The lowest BCUT2D eigenvalue weighted by molar-refractivity contribution is -0.128. The molecule has 0 aliphatic carbocycles. The Hall–Kier alpha value is -5.03. The lowest BCUT2D eigenvalue weighted by atomic mass is 9.80. The highest BCUT2D eigenvalue weighted by Gasteiger charge is 2.40. The van der Waals surface area contributed by atoms with E-state index in [0.717, 1.165) is 102 Å². The van der Waals surface area contributed by atoms with Crippen molar-refractivity contribution in [2.45, 2.75) is 65.7 Å². The number of likely N-dealkylation sites (tertiary alicyclic amines) is 2. The van der Waals surface area contributed by atoms with E-state index in [2.05, 4.69) is 40.3 Å². The molecule has 2 aliphatic rings. The fourth-order valence-electron chi connectivity index (χ4n) is 8.16. The molecule has 286 valence electrons. The molecule has 2 aliphatic heterocycles. The van der Waals surface area contributed by atoms with Crippen LogP contribution >= 0.6 is 11.6 Å². The summed E-state index contributed by atoms with van der Waals surface area (Å²) in [6.45, 7) is 12.7. The summed E-state index contributed by atoms with van der Waals surface area (Å²) >= 11 is 6.99. The number of imidazole rings is 1. The van der Waals surface area contributed by atoms with E-state index >= 15 is 0 Å². The van der Waals surface area contributed by atoms with Gasteiger partial charge in [0.1, 0.15) is 22.9 Å². The zero-order valence-electron chi connectivity index (χ0n) is 32.3. The Morgan fingerprint density at radius 2 is 1.78 bits per heavy atom. The van der Waals surface area contributed by atoms with Crippen molar-refractivity contribution in [3.63, 3.8) is 0 Å². The summed E-state index contributed by atoms with van der Waals surface area (Å²) in [6.07, 6.45) is 14.7. The molecule has 2 saturated heterocycles. The minimum absolute atomic E-state index is 0.102. The van der Waals surface area contributed by atoms with Gasteiger partial charge in [0.25, 0.3) is 0 Å². The molecule has 3 aromatic heterocycles. The molecule has 0 radical (unpaired) electrons. The highest BCUT2D eigenvalue weighted by Crippen LogP contribution is 2.46. The molecule has 2 fully saturated rings. The average molecular weight is 755 g/mol. The first kappa shape index (κ1) is 38.7. The summed E-state index contributed by atoms with van der Waals surface area (Å²) in [6, 6.07) is 5.96. The van der Waals surface area contributed by atoms with E-state index in [-0.39, 0.29) is 17.2 Å². The second-order valence-corrected chi connectivity index (χ2v) is 14.5. The third-order valence-electron chi connectivity index (χ3n) is 11.1. The number of rotatable bonds is 12. The number of carbonyl (C=O) groups is 2. The molecule has 1 atom stereocenters. The van der Waals surface area contributed by atoms with Crippen molar-refractivity contribution in [2.24, 2.45) is 5.41 Å². The van der Waals surface area contributed by atoms with Crippen LogP contribution in [0.4, 0.5) is 0 Å². The van der Waals surface area contributed by atoms with Crippen LogP contribution in [-0.2, 0) is 27.2 Å². The van der Waals surface area contributed by atoms with E-state index in [1.807, 2.05) is 36.4 Å². The molecular weight excluding hydrogens is 704 g/mol. The molecule has 1 spiro atoms. The number of amides is 2. The fourth-order valence-corrected chi connectivity index (χ4v) is 8.51. The molecule has 2 amide bonds. The largest absolute Gasteiger partial charge is 0.501 e. The highest BCUT2D eigenvalue weighted by molar-refractivity contribution is 6.35. The number of allylic oxidation sites excluding steroid dienone is 3. The third kappa shape index (κ3) is 7.64. The number of fused-ring (bicyclic) bond motifs is 3. The Morgan fingerprint density at radius 1 is 1.02 bits per heavy atom. The van der Waals surface area contributed by atoms with Crippen molar-refractivity contribution in [3.05, 3.63) is 89.0 Å². The number of methoxy groups -OCH3 is 3. The molecule has 5 heterocycles. The second-order valence-electron chi connectivity index (χ2n) is 14.1. The minimum atomic E-state index is -0.253. The predicted molar refractivity (Wildman–Crippen MR) is 213 cm³/mol. The van der Waals surface area contributed by atoms with E-state index in [4.69, 9.17) is 35.8 Å². The van der Waals surface area contributed by atoms with E-state index < -0.39 is 0 Å². The number of hydrogen-bond donors (Lipinski definition) is 1. The number of carbonyl (C=O) groups excluding carboxylic acids is 2. The monoisotopic (exact) mass is 754 g/mol. The van der Waals surface area contributed by atoms with Gasteiger partial charge in [0.05, 0.1) is 37.6 Å². The summed E-state index contributed by atoms with van der Waals surface area (Å²) in [4.78, 5) is 38.8. The minimum Gasteiger partial charge on any atom is -0.501 e. The second kappa shape index (κ2) is 16.5. The summed E-state index contributed by atoms with van der Waals surface area (Å²) in [5.41, 5.74) is 6.97. The van der Waals surface area contributed by atoms with Crippen molar-refractivity contribution in [1.82, 2.24) is 29.5 Å². The number of nitrogens with zero attached hydrogens (tertiary/aromatic N) is 5. The smallest absolute Gasteiger partial charge is 0.247 e. The van der Waals surface area contributed by atoms with Gasteiger partial charge in [-0.25, -0.2) is 4.98 Å². The summed E-state index contributed by atoms with van der Waals surface area (Å²) in [5, 5.41) is 4.49. The number of ether oxygens (including phenoxy) is 3. The van der Waals surface area contributed by atoms with Crippen molar-refractivity contribution in [3.8, 4) is 22.6 Å². The number of halogens is 1. The van der Waals surface area contributed by atoms with Crippen molar-refractivity contribution < 1.29 is 23.8 Å². The first-order valence-electron chi connectivity index (χ1n) is 18.7. The van der Waals surface area contributed by atoms with Crippen molar-refractivity contribution in [2.75, 3.05) is 47.5 Å². The number of nitrogens with one attached hydrogen (secondary N) is 1. The van der Waals surface area contributed by atoms with Gasteiger partial charge in [-0.15, -0.1) is 0 Å². The molecule has 6 rings (SSSR count). The molecule has 1 aromatic carbocycles. The van der Waals surface area contributed by atoms with Gasteiger partial charge in [-0.05, 0) is 62.1 Å². The Kier molecular flexibility index (Phi) is 11.9. The summed E-state index contributed by atoms with van der Waals surface area (Å²) in [5.74, 6) is 1.82. The Balaban J connectivity index is 1.37. The number of benzene rings is 1. The fraction of sp³-hybridized carbons (Fsp3) is 0.429. The van der Waals surface area contributed by atoms with Crippen LogP contribution in [0.3, 0.4) is 0 Å². The molecule has 12 heteroatoms. The van der Waals surface area contributed by atoms with Crippen LogP contribution < -0.4 is 14.8 Å². The average Bonchev–Trinajstić information content (AvgIpc) is 3.79. The Labute approximate surface area is 322 Å². The van der Waals surface area contributed by atoms with Crippen molar-refractivity contribution in [1.29, 1.82) is 0 Å². The molecule has 1 N–H and O–H groups in total. The topological polar surface area (TPSA) is 111 Å². The van der Waals surface area contributed by atoms with Crippen LogP contribution in [0.2, 0.25) is 5.02 Å². The maximum atomic E-state index is 12.6. The first-order chi connectivity index (χ1) is 26.1. The molecule has 54 heavy (non-hydrogen) atoms. The SMILES string of the molecule is C=CC(=O)N/C(CC)=C(/C=C(\Cc1cc2c(cn1)cc(-c1c(Cl)c(OC)cc(OC)c1CC)c1nccn12)OC)N1CCC2(CCCN(C(C)=O)CC2)C1. The number of hydrogen-bond acceptors (Lipinski definition) is 8. The lowest BCUT2D eigenvalue weighted by Gasteiger charge is -2.30. The van der Waals surface area contributed by atoms with Crippen molar-refractivity contribution >= 4 is 40.0 Å². The molecule has 0 saturated carbocycles. The Morgan fingerprint density at radius 3 is 2.44 bits per heavy atom. The number of pyridine rings is 2. The van der Waals surface area contributed by atoms with Gasteiger partial charge >= 0.3 is 0 Å². The highest BCUT2D eigenvalue weighted by atomic mass is 35.5. The van der Waals surface area contributed by atoms with Gasteiger partial charge < -0.3 is 29.3 Å². The van der Waals surface area contributed by atoms with Gasteiger partial charge in [0.15, 0.2) is 0 Å². The van der Waals surface area contributed by atoms with Crippen LogP contribution in [0.5, 0.6) is 11.5 Å². The molecule has 4 aromatic rings. The molecule has 1 unspecified atom stereocenters. The van der Waals surface area contributed by atoms with Gasteiger partial charge in [-0.2, -0.15) is 0 Å².